The molecule has 4 heteroatoms. The Morgan fingerprint density at radius 3 is 2.45 bits per heavy atom. The third kappa shape index (κ3) is 5.28. The molecule has 1 aromatic heterocycles. The third-order valence-corrected chi connectivity index (χ3v) is 3.33. The molecule has 2 aromatic rings. The summed E-state index contributed by atoms with van der Waals surface area (Å²) in [5.74, 6) is 0.738. The summed E-state index contributed by atoms with van der Waals surface area (Å²) in [4.78, 5) is 12.1. The molecule has 0 aliphatic rings. The van der Waals surface area contributed by atoms with Gasteiger partial charge in [-0.1, -0.05) is 51.1 Å². The van der Waals surface area contributed by atoms with Gasteiger partial charge in [-0.2, -0.15) is 0 Å². The maximum atomic E-state index is 12.1. The summed E-state index contributed by atoms with van der Waals surface area (Å²) in [6.45, 7) is 6.90. The van der Waals surface area contributed by atoms with Gasteiger partial charge < -0.3 is 15.1 Å². The highest BCUT2D eigenvalue weighted by Crippen LogP contribution is 2.29. The molecule has 0 saturated carbocycles. The van der Waals surface area contributed by atoms with E-state index in [1.54, 1.807) is 12.3 Å². The largest absolute Gasteiger partial charge is 0.467 e. The van der Waals surface area contributed by atoms with Crippen molar-refractivity contribution in [2.45, 2.75) is 39.8 Å². The molecule has 0 bridgehead atoms. The molecule has 1 unspecified atom stereocenters. The summed E-state index contributed by atoms with van der Waals surface area (Å²) >= 11 is 0. The monoisotopic (exact) mass is 300 g/mol. The summed E-state index contributed by atoms with van der Waals surface area (Å²) < 4.78 is 5.21. The Morgan fingerprint density at radius 1 is 1.14 bits per heavy atom. The highest BCUT2D eigenvalue weighted by molar-refractivity contribution is 5.74. The Kier molecular flexibility index (Phi) is 5.26. The second kappa shape index (κ2) is 7.16. The van der Waals surface area contributed by atoms with Gasteiger partial charge in [-0.3, -0.25) is 0 Å². The first-order chi connectivity index (χ1) is 10.4. The van der Waals surface area contributed by atoms with Crippen LogP contribution in [0.15, 0.2) is 53.1 Å². The van der Waals surface area contributed by atoms with Crippen molar-refractivity contribution in [3.05, 3.63) is 60.1 Å². The van der Waals surface area contributed by atoms with E-state index in [0.717, 1.165) is 17.7 Å². The number of urea groups is 1. The zero-order chi connectivity index (χ0) is 16.0. The van der Waals surface area contributed by atoms with Crippen LogP contribution in [0, 0.1) is 5.41 Å². The minimum atomic E-state index is -0.186. The molecule has 2 amide bonds. The SMILES string of the molecule is CC(C)(C)CC(NC(=O)NCc1ccco1)c1ccccc1. The van der Waals surface area contributed by atoms with E-state index in [9.17, 15) is 4.79 Å². The molecule has 0 aliphatic heterocycles. The van der Waals surface area contributed by atoms with E-state index in [1.807, 2.05) is 36.4 Å². The first kappa shape index (κ1) is 16.1. The topological polar surface area (TPSA) is 54.3 Å². The van der Waals surface area contributed by atoms with Crippen molar-refractivity contribution in [1.82, 2.24) is 10.6 Å². The number of hydrogen-bond acceptors (Lipinski definition) is 2. The van der Waals surface area contributed by atoms with E-state index in [-0.39, 0.29) is 17.5 Å². The van der Waals surface area contributed by atoms with E-state index in [2.05, 4.69) is 31.4 Å². The number of carbonyl (C=O) groups excluding carboxylic acids is 1. The van der Waals surface area contributed by atoms with E-state index in [4.69, 9.17) is 4.42 Å². The van der Waals surface area contributed by atoms with Crippen LogP contribution in [0.2, 0.25) is 0 Å². The van der Waals surface area contributed by atoms with Crippen LogP contribution in [-0.4, -0.2) is 6.03 Å². The molecule has 1 atom stereocenters. The van der Waals surface area contributed by atoms with Crippen molar-refractivity contribution >= 4 is 6.03 Å². The fourth-order valence-corrected chi connectivity index (χ4v) is 2.34. The molecule has 0 radical (unpaired) electrons. The molecule has 0 saturated heterocycles. The smallest absolute Gasteiger partial charge is 0.315 e. The molecule has 1 heterocycles. The molecule has 4 nitrogen and oxygen atoms in total. The Hall–Kier alpha value is -2.23. The number of carbonyl (C=O) groups is 1. The van der Waals surface area contributed by atoms with E-state index >= 15 is 0 Å². The van der Waals surface area contributed by atoms with Gasteiger partial charge in [0.05, 0.1) is 18.8 Å². The number of rotatable bonds is 5. The quantitative estimate of drug-likeness (QED) is 0.867. The molecule has 2 N–H and O–H groups in total. The fourth-order valence-electron chi connectivity index (χ4n) is 2.34. The number of furan rings is 1. The fraction of sp³-hybridized carbons (Fsp3) is 0.389. The number of hydrogen-bond donors (Lipinski definition) is 2. The van der Waals surface area contributed by atoms with Crippen LogP contribution in [-0.2, 0) is 6.54 Å². The van der Waals surface area contributed by atoms with Crippen molar-refractivity contribution in [3.63, 3.8) is 0 Å². The summed E-state index contributed by atoms with van der Waals surface area (Å²) in [5.41, 5.74) is 1.24. The van der Waals surface area contributed by atoms with E-state index in [0.29, 0.717) is 6.54 Å². The predicted molar refractivity (Wildman–Crippen MR) is 87.3 cm³/mol. The van der Waals surface area contributed by atoms with Crippen molar-refractivity contribution < 1.29 is 9.21 Å². The lowest BCUT2D eigenvalue weighted by Crippen LogP contribution is -2.38. The Labute approximate surface area is 131 Å². The molecule has 2 rings (SSSR count). The van der Waals surface area contributed by atoms with E-state index in [1.165, 1.54) is 0 Å². The van der Waals surface area contributed by atoms with Crippen molar-refractivity contribution in [2.75, 3.05) is 0 Å². The van der Waals surface area contributed by atoms with Crippen LogP contribution in [0.1, 0.15) is 44.6 Å². The zero-order valence-corrected chi connectivity index (χ0v) is 13.4. The minimum absolute atomic E-state index is 0.0159. The molecular weight excluding hydrogens is 276 g/mol. The normalized spacial score (nSPS) is 12.7. The molecule has 22 heavy (non-hydrogen) atoms. The van der Waals surface area contributed by atoms with Crippen molar-refractivity contribution in [1.29, 1.82) is 0 Å². The summed E-state index contributed by atoms with van der Waals surface area (Å²) in [6, 6.07) is 13.5. The van der Waals surface area contributed by atoms with Crippen LogP contribution < -0.4 is 10.6 Å². The average molecular weight is 300 g/mol. The summed E-state index contributed by atoms with van der Waals surface area (Å²) in [5, 5.41) is 5.89. The van der Waals surface area contributed by atoms with Gasteiger partial charge in [0.1, 0.15) is 5.76 Å². The first-order valence-electron chi connectivity index (χ1n) is 7.56. The second-order valence-electron chi connectivity index (χ2n) is 6.63. The average Bonchev–Trinajstić information content (AvgIpc) is 2.97. The van der Waals surface area contributed by atoms with Gasteiger partial charge in [-0.15, -0.1) is 0 Å². The van der Waals surface area contributed by atoms with E-state index < -0.39 is 0 Å². The third-order valence-electron chi connectivity index (χ3n) is 3.33. The molecule has 1 aromatic carbocycles. The van der Waals surface area contributed by atoms with Gasteiger partial charge in [0.2, 0.25) is 0 Å². The standard InChI is InChI=1S/C18H24N2O2/c1-18(2,3)12-16(14-8-5-4-6-9-14)20-17(21)19-13-15-10-7-11-22-15/h4-11,16H,12-13H2,1-3H3,(H2,19,20,21). The Morgan fingerprint density at radius 2 is 1.86 bits per heavy atom. The van der Waals surface area contributed by atoms with Gasteiger partial charge in [-0.25, -0.2) is 4.79 Å². The second-order valence-corrected chi connectivity index (χ2v) is 6.63. The van der Waals surface area contributed by atoms with Gasteiger partial charge in [0.15, 0.2) is 0 Å². The highest BCUT2D eigenvalue weighted by atomic mass is 16.3. The lowest BCUT2D eigenvalue weighted by atomic mass is 9.85. The molecule has 0 fully saturated rings. The van der Waals surface area contributed by atoms with Crippen LogP contribution in [0.25, 0.3) is 0 Å². The van der Waals surface area contributed by atoms with Crippen LogP contribution >= 0.6 is 0 Å². The minimum Gasteiger partial charge on any atom is -0.467 e. The maximum absolute atomic E-state index is 12.1. The maximum Gasteiger partial charge on any atom is 0.315 e. The predicted octanol–water partition coefficient (Wildman–Crippen LogP) is 4.26. The molecular formula is C18H24N2O2. The number of nitrogens with one attached hydrogen (secondary N) is 2. The van der Waals surface area contributed by atoms with Crippen LogP contribution in [0.3, 0.4) is 0 Å². The summed E-state index contributed by atoms with van der Waals surface area (Å²) in [6.07, 6.45) is 2.46. The summed E-state index contributed by atoms with van der Waals surface area (Å²) in [7, 11) is 0. The zero-order valence-electron chi connectivity index (χ0n) is 13.4. The first-order valence-corrected chi connectivity index (χ1v) is 7.56. The van der Waals surface area contributed by atoms with Gasteiger partial charge in [-0.05, 0) is 29.5 Å². The van der Waals surface area contributed by atoms with Gasteiger partial charge in [0, 0.05) is 0 Å². The van der Waals surface area contributed by atoms with Gasteiger partial charge >= 0.3 is 6.03 Å². The van der Waals surface area contributed by atoms with Gasteiger partial charge in [0.25, 0.3) is 0 Å². The number of amides is 2. The van der Waals surface area contributed by atoms with Crippen molar-refractivity contribution in [2.24, 2.45) is 5.41 Å². The van der Waals surface area contributed by atoms with Crippen molar-refractivity contribution in [3.8, 4) is 0 Å². The lowest BCUT2D eigenvalue weighted by molar-refractivity contribution is 0.229. The molecule has 0 aliphatic carbocycles. The highest BCUT2D eigenvalue weighted by Gasteiger charge is 2.21. The van der Waals surface area contributed by atoms with Crippen LogP contribution in [0.5, 0.6) is 0 Å². The Balaban J connectivity index is 1.98. The Bertz CT molecular complexity index is 571. The molecule has 118 valence electrons. The molecule has 0 spiro atoms. The van der Waals surface area contributed by atoms with Crippen LogP contribution in [0.4, 0.5) is 4.79 Å². The number of benzene rings is 1. The lowest BCUT2D eigenvalue weighted by Gasteiger charge is -2.27.